The smallest absolute Gasteiger partial charge is 0.0841 e. The lowest BCUT2D eigenvalue weighted by molar-refractivity contribution is 0.0231. The minimum Gasteiger partial charge on any atom is -0.381 e. The molecule has 0 saturated carbocycles. The van der Waals surface area contributed by atoms with Gasteiger partial charge in [-0.3, -0.25) is 0 Å². The van der Waals surface area contributed by atoms with Crippen LogP contribution in [0.2, 0.25) is 0 Å². The van der Waals surface area contributed by atoms with Crippen molar-refractivity contribution in [2.24, 2.45) is 11.3 Å². The third-order valence-corrected chi connectivity index (χ3v) is 3.11. The molecule has 0 unspecified atom stereocenters. The molecular formula is C11H20N2O. The van der Waals surface area contributed by atoms with Gasteiger partial charge in [-0.15, -0.1) is 0 Å². The van der Waals surface area contributed by atoms with E-state index in [0.29, 0.717) is 6.54 Å². The standard InChI is InChI=1S/C11H20N2O/c1-11(2,9-13-6-5-12)10-3-7-14-8-4-10/h10,13H,3-4,6-9H2,1-2H3. The fourth-order valence-corrected chi connectivity index (χ4v) is 2.06. The number of nitriles is 1. The maximum atomic E-state index is 8.44. The van der Waals surface area contributed by atoms with Gasteiger partial charge in [0.25, 0.3) is 0 Å². The molecular weight excluding hydrogens is 176 g/mol. The van der Waals surface area contributed by atoms with E-state index in [9.17, 15) is 0 Å². The Labute approximate surface area is 86.4 Å². The fraction of sp³-hybridized carbons (Fsp3) is 0.909. The molecule has 0 aromatic heterocycles. The van der Waals surface area contributed by atoms with Gasteiger partial charge in [-0.25, -0.2) is 0 Å². The first-order valence-electron chi connectivity index (χ1n) is 5.32. The Morgan fingerprint density at radius 3 is 2.64 bits per heavy atom. The monoisotopic (exact) mass is 196 g/mol. The van der Waals surface area contributed by atoms with E-state index in [-0.39, 0.29) is 5.41 Å². The molecule has 0 radical (unpaired) electrons. The minimum atomic E-state index is 0.278. The van der Waals surface area contributed by atoms with Crippen molar-refractivity contribution in [2.75, 3.05) is 26.3 Å². The Bertz CT molecular complexity index is 202. The van der Waals surface area contributed by atoms with Crippen LogP contribution in [0.1, 0.15) is 26.7 Å². The molecule has 0 aromatic rings. The predicted molar refractivity (Wildman–Crippen MR) is 55.8 cm³/mol. The molecule has 1 fully saturated rings. The summed E-state index contributed by atoms with van der Waals surface area (Å²) in [5, 5.41) is 11.6. The van der Waals surface area contributed by atoms with E-state index >= 15 is 0 Å². The second-order valence-corrected chi connectivity index (χ2v) is 4.64. The van der Waals surface area contributed by atoms with Gasteiger partial charge in [0.2, 0.25) is 0 Å². The highest BCUT2D eigenvalue weighted by molar-refractivity contribution is 4.84. The molecule has 1 saturated heterocycles. The van der Waals surface area contributed by atoms with Gasteiger partial charge in [-0.05, 0) is 24.2 Å². The summed E-state index contributed by atoms with van der Waals surface area (Å²) < 4.78 is 5.35. The largest absolute Gasteiger partial charge is 0.381 e. The van der Waals surface area contributed by atoms with Crippen LogP contribution in [0, 0.1) is 22.7 Å². The molecule has 1 heterocycles. The number of hydrogen-bond donors (Lipinski definition) is 1. The Morgan fingerprint density at radius 2 is 2.07 bits per heavy atom. The molecule has 0 amide bonds. The predicted octanol–water partition coefficient (Wildman–Crippen LogP) is 1.55. The quantitative estimate of drug-likeness (QED) is 0.548. The fourth-order valence-electron chi connectivity index (χ4n) is 2.06. The first kappa shape index (κ1) is 11.5. The van der Waals surface area contributed by atoms with Crippen LogP contribution < -0.4 is 5.32 Å². The van der Waals surface area contributed by atoms with Crippen LogP contribution in [0.3, 0.4) is 0 Å². The Balaban J connectivity index is 2.34. The van der Waals surface area contributed by atoms with Crippen LogP contribution in [0.15, 0.2) is 0 Å². The van der Waals surface area contributed by atoms with E-state index in [0.717, 1.165) is 38.5 Å². The number of rotatable bonds is 4. The molecule has 80 valence electrons. The van der Waals surface area contributed by atoms with Crippen molar-refractivity contribution in [3.05, 3.63) is 0 Å². The summed E-state index contributed by atoms with van der Waals surface area (Å²) in [5.41, 5.74) is 0.278. The van der Waals surface area contributed by atoms with Crippen LogP contribution >= 0.6 is 0 Å². The Morgan fingerprint density at radius 1 is 1.43 bits per heavy atom. The average molecular weight is 196 g/mol. The molecule has 1 rings (SSSR count). The topological polar surface area (TPSA) is 45.0 Å². The van der Waals surface area contributed by atoms with Gasteiger partial charge >= 0.3 is 0 Å². The van der Waals surface area contributed by atoms with Gasteiger partial charge in [-0.1, -0.05) is 13.8 Å². The molecule has 3 heteroatoms. The van der Waals surface area contributed by atoms with E-state index in [1.54, 1.807) is 0 Å². The summed E-state index contributed by atoms with van der Waals surface area (Å²) >= 11 is 0. The van der Waals surface area contributed by atoms with E-state index in [1.807, 2.05) is 0 Å². The maximum absolute atomic E-state index is 8.44. The van der Waals surface area contributed by atoms with Crippen molar-refractivity contribution < 1.29 is 4.74 Å². The SMILES string of the molecule is CC(C)(CNCC#N)C1CCOCC1. The summed E-state index contributed by atoms with van der Waals surface area (Å²) in [6.45, 7) is 7.71. The first-order chi connectivity index (χ1) is 6.67. The molecule has 0 spiro atoms. The van der Waals surface area contributed by atoms with Gasteiger partial charge in [0, 0.05) is 19.8 Å². The lowest BCUT2D eigenvalue weighted by atomic mass is 9.74. The first-order valence-corrected chi connectivity index (χ1v) is 5.32. The van der Waals surface area contributed by atoms with Crippen LogP contribution in [0.4, 0.5) is 0 Å². The maximum Gasteiger partial charge on any atom is 0.0841 e. The summed E-state index contributed by atoms with van der Waals surface area (Å²) in [7, 11) is 0. The van der Waals surface area contributed by atoms with Crippen molar-refractivity contribution in [3.8, 4) is 6.07 Å². The molecule has 14 heavy (non-hydrogen) atoms. The highest BCUT2D eigenvalue weighted by atomic mass is 16.5. The zero-order valence-corrected chi connectivity index (χ0v) is 9.18. The lowest BCUT2D eigenvalue weighted by Gasteiger charge is -2.37. The summed E-state index contributed by atoms with van der Waals surface area (Å²) in [4.78, 5) is 0. The van der Waals surface area contributed by atoms with Crippen LogP contribution in [-0.4, -0.2) is 26.3 Å². The van der Waals surface area contributed by atoms with Crippen molar-refractivity contribution in [1.29, 1.82) is 5.26 Å². The van der Waals surface area contributed by atoms with Crippen LogP contribution in [-0.2, 0) is 4.74 Å². The lowest BCUT2D eigenvalue weighted by Crippen LogP contribution is -2.38. The van der Waals surface area contributed by atoms with Gasteiger partial charge in [0.1, 0.15) is 0 Å². The number of nitrogens with zero attached hydrogens (tertiary/aromatic N) is 1. The second-order valence-electron chi connectivity index (χ2n) is 4.64. The van der Waals surface area contributed by atoms with Gasteiger partial charge in [-0.2, -0.15) is 5.26 Å². The van der Waals surface area contributed by atoms with E-state index in [2.05, 4.69) is 25.2 Å². The van der Waals surface area contributed by atoms with Crippen molar-refractivity contribution in [2.45, 2.75) is 26.7 Å². The number of hydrogen-bond acceptors (Lipinski definition) is 3. The summed E-state index contributed by atoms with van der Waals surface area (Å²) in [6.07, 6.45) is 2.31. The molecule has 0 aliphatic carbocycles. The van der Waals surface area contributed by atoms with Crippen LogP contribution in [0.25, 0.3) is 0 Å². The van der Waals surface area contributed by atoms with Crippen molar-refractivity contribution in [3.63, 3.8) is 0 Å². The normalized spacial score (nSPS) is 19.2. The average Bonchev–Trinajstić information content (AvgIpc) is 2.19. The summed E-state index contributed by atoms with van der Waals surface area (Å²) in [5.74, 6) is 0.724. The zero-order chi connectivity index (χ0) is 10.4. The molecule has 1 aliphatic heterocycles. The van der Waals surface area contributed by atoms with E-state index in [1.165, 1.54) is 0 Å². The van der Waals surface area contributed by atoms with Gasteiger partial charge in [0.05, 0.1) is 12.6 Å². The highest BCUT2D eigenvalue weighted by Gasteiger charge is 2.30. The zero-order valence-electron chi connectivity index (χ0n) is 9.18. The molecule has 0 bridgehead atoms. The number of nitrogens with one attached hydrogen (secondary N) is 1. The van der Waals surface area contributed by atoms with Crippen LogP contribution in [0.5, 0.6) is 0 Å². The highest BCUT2D eigenvalue weighted by Crippen LogP contribution is 2.33. The Kier molecular flexibility index (Phi) is 4.37. The molecule has 0 aromatic carbocycles. The third kappa shape index (κ3) is 3.28. The molecule has 0 atom stereocenters. The second kappa shape index (κ2) is 5.33. The van der Waals surface area contributed by atoms with Crippen molar-refractivity contribution >= 4 is 0 Å². The van der Waals surface area contributed by atoms with Crippen molar-refractivity contribution in [1.82, 2.24) is 5.32 Å². The van der Waals surface area contributed by atoms with E-state index in [4.69, 9.17) is 10.00 Å². The summed E-state index contributed by atoms with van der Waals surface area (Å²) in [6, 6.07) is 2.11. The third-order valence-electron chi connectivity index (χ3n) is 3.11. The van der Waals surface area contributed by atoms with E-state index < -0.39 is 0 Å². The molecule has 3 nitrogen and oxygen atoms in total. The van der Waals surface area contributed by atoms with Gasteiger partial charge in [0.15, 0.2) is 0 Å². The number of ether oxygens (including phenoxy) is 1. The van der Waals surface area contributed by atoms with Gasteiger partial charge < -0.3 is 10.1 Å². The molecule has 1 aliphatic rings. The minimum absolute atomic E-state index is 0.278. The Hall–Kier alpha value is -0.590. The molecule has 1 N–H and O–H groups in total.